The highest BCUT2D eigenvalue weighted by atomic mass is 35.5. The second-order valence-electron chi connectivity index (χ2n) is 3.65. The van der Waals surface area contributed by atoms with E-state index in [1.807, 2.05) is 30.3 Å². The molecule has 0 aliphatic heterocycles. The molecule has 0 N–H and O–H groups in total. The molecule has 0 spiro atoms. The van der Waals surface area contributed by atoms with E-state index in [0.717, 1.165) is 5.56 Å². The van der Waals surface area contributed by atoms with Gasteiger partial charge in [-0.3, -0.25) is 4.40 Å². The molecule has 2 aromatic heterocycles. The Bertz CT molecular complexity index is 722. The zero-order valence-corrected chi connectivity index (χ0v) is 11.2. The Hall–Kier alpha value is -1.29. The van der Waals surface area contributed by atoms with Gasteiger partial charge in [-0.1, -0.05) is 65.1 Å². The van der Waals surface area contributed by atoms with E-state index in [9.17, 15) is 0 Å². The first-order valence-corrected chi connectivity index (χ1v) is 6.25. The number of rotatable bonds is 1. The Labute approximate surface area is 118 Å². The first-order chi connectivity index (χ1) is 8.66. The van der Waals surface area contributed by atoms with E-state index in [4.69, 9.17) is 34.8 Å². The molecule has 0 bridgehead atoms. The van der Waals surface area contributed by atoms with Crippen LogP contribution in [0.25, 0.3) is 17.0 Å². The molecule has 3 rings (SSSR count). The fraction of sp³-hybridized carbons (Fsp3) is 0. The maximum Gasteiger partial charge on any atom is 0.179 e. The summed E-state index contributed by atoms with van der Waals surface area (Å²) in [5.74, 6) is 0.643. The van der Waals surface area contributed by atoms with Gasteiger partial charge in [0.05, 0.1) is 0 Å². The van der Waals surface area contributed by atoms with Gasteiger partial charge in [-0.05, 0) is 0 Å². The summed E-state index contributed by atoms with van der Waals surface area (Å²) in [4.78, 5) is 8.42. The number of imidazole rings is 1. The minimum absolute atomic E-state index is 0.276. The van der Waals surface area contributed by atoms with Crippen molar-refractivity contribution in [3.63, 3.8) is 0 Å². The summed E-state index contributed by atoms with van der Waals surface area (Å²) in [6.07, 6.45) is 0. The molecule has 0 aliphatic rings. The average molecular weight is 299 g/mol. The van der Waals surface area contributed by atoms with Gasteiger partial charge in [0.1, 0.15) is 16.1 Å². The van der Waals surface area contributed by atoms with Crippen LogP contribution in [0.15, 0.2) is 36.4 Å². The molecule has 0 radical (unpaired) electrons. The van der Waals surface area contributed by atoms with Crippen molar-refractivity contribution in [2.24, 2.45) is 0 Å². The summed E-state index contributed by atoms with van der Waals surface area (Å²) in [6.45, 7) is 0. The van der Waals surface area contributed by atoms with Crippen LogP contribution >= 0.6 is 34.8 Å². The van der Waals surface area contributed by atoms with Gasteiger partial charge in [-0.15, -0.1) is 0 Å². The van der Waals surface area contributed by atoms with Gasteiger partial charge in [0.25, 0.3) is 0 Å². The lowest BCUT2D eigenvalue weighted by molar-refractivity contribution is 1.12. The molecule has 0 saturated carbocycles. The summed E-state index contributed by atoms with van der Waals surface area (Å²) in [6, 6.07) is 11.2. The summed E-state index contributed by atoms with van der Waals surface area (Å²) < 4.78 is 1.67. The van der Waals surface area contributed by atoms with Crippen LogP contribution in [0.4, 0.5) is 0 Å². The van der Waals surface area contributed by atoms with Gasteiger partial charge in [0.15, 0.2) is 10.8 Å². The molecule has 0 unspecified atom stereocenters. The summed E-state index contributed by atoms with van der Waals surface area (Å²) in [7, 11) is 0. The Morgan fingerprint density at radius 2 is 1.67 bits per heavy atom. The van der Waals surface area contributed by atoms with Crippen LogP contribution in [-0.2, 0) is 0 Å². The lowest BCUT2D eigenvalue weighted by atomic mass is 10.2. The Balaban J connectivity index is 2.38. The molecular weight excluding hydrogens is 293 g/mol. The third-order valence-corrected chi connectivity index (χ3v) is 3.23. The molecule has 0 aliphatic carbocycles. The number of fused-ring (bicyclic) bond motifs is 1. The van der Waals surface area contributed by atoms with Crippen LogP contribution in [0.3, 0.4) is 0 Å². The van der Waals surface area contributed by atoms with Gasteiger partial charge in [-0.25, -0.2) is 9.97 Å². The maximum absolute atomic E-state index is 6.17. The molecule has 0 amide bonds. The minimum atomic E-state index is 0.276. The molecule has 90 valence electrons. The fourth-order valence-corrected chi connectivity index (χ4v) is 2.47. The van der Waals surface area contributed by atoms with E-state index in [1.165, 1.54) is 0 Å². The number of benzene rings is 1. The van der Waals surface area contributed by atoms with Crippen LogP contribution in [0.2, 0.25) is 15.5 Å². The zero-order valence-electron chi connectivity index (χ0n) is 8.94. The van der Waals surface area contributed by atoms with Gasteiger partial charge in [-0.2, -0.15) is 0 Å². The molecule has 3 aromatic rings. The van der Waals surface area contributed by atoms with Gasteiger partial charge in [0, 0.05) is 11.6 Å². The first-order valence-electron chi connectivity index (χ1n) is 5.12. The lowest BCUT2D eigenvalue weighted by Crippen LogP contribution is -1.93. The zero-order chi connectivity index (χ0) is 12.7. The molecule has 18 heavy (non-hydrogen) atoms. The van der Waals surface area contributed by atoms with Gasteiger partial charge >= 0.3 is 0 Å². The Kier molecular flexibility index (Phi) is 2.90. The van der Waals surface area contributed by atoms with Crippen molar-refractivity contribution in [3.8, 4) is 11.4 Å². The third-order valence-electron chi connectivity index (χ3n) is 2.51. The number of halogens is 3. The minimum Gasteiger partial charge on any atom is -0.265 e. The van der Waals surface area contributed by atoms with E-state index < -0.39 is 0 Å². The van der Waals surface area contributed by atoms with Crippen LogP contribution in [-0.4, -0.2) is 14.4 Å². The molecule has 0 atom stereocenters. The maximum atomic E-state index is 6.17. The second kappa shape index (κ2) is 4.43. The van der Waals surface area contributed by atoms with Crippen molar-refractivity contribution in [3.05, 3.63) is 51.9 Å². The summed E-state index contributed by atoms with van der Waals surface area (Å²) in [5, 5.41) is 0.982. The van der Waals surface area contributed by atoms with E-state index in [1.54, 1.807) is 10.5 Å². The summed E-state index contributed by atoms with van der Waals surface area (Å²) in [5.41, 5.74) is 1.36. The van der Waals surface area contributed by atoms with E-state index >= 15 is 0 Å². The number of hydrogen-bond acceptors (Lipinski definition) is 2. The standard InChI is InChI=1S/C12H6Cl3N3/c13-8-6-9(14)18-11(7-4-2-1-3-5-7)17-10(15)12(18)16-8/h1-6H. The monoisotopic (exact) mass is 297 g/mol. The first kappa shape index (κ1) is 11.8. The molecule has 0 saturated heterocycles. The van der Waals surface area contributed by atoms with Crippen LogP contribution in [0, 0.1) is 0 Å². The van der Waals surface area contributed by atoms with Crippen molar-refractivity contribution in [1.82, 2.24) is 14.4 Å². The topological polar surface area (TPSA) is 30.2 Å². The van der Waals surface area contributed by atoms with Crippen molar-refractivity contribution < 1.29 is 0 Å². The molecule has 1 aromatic carbocycles. The van der Waals surface area contributed by atoms with Crippen molar-refractivity contribution >= 4 is 40.4 Å². The highest BCUT2D eigenvalue weighted by molar-refractivity contribution is 6.35. The van der Waals surface area contributed by atoms with Crippen LogP contribution in [0.5, 0.6) is 0 Å². The fourth-order valence-electron chi connectivity index (χ4n) is 1.76. The Morgan fingerprint density at radius 3 is 2.39 bits per heavy atom. The Morgan fingerprint density at radius 1 is 0.944 bits per heavy atom. The summed E-state index contributed by atoms with van der Waals surface area (Å²) >= 11 is 18.1. The SMILES string of the molecule is Clc1cc(Cl)n2c(-c3ccccc3)nc(Cl)c2n1. The highest BCUT2D eigenvalue weighted by Crippen LogP contribution is 2.29. The predicted octanol–water partition coefficient (Wildman–Crippen LogP) is 4.36. The number of hydrogen-bond donors (Lipinski definition) is 0. The predicted molar refractivity (Wildman–Crippen MR) is 73.5 cm³/mol. The van der Waals surface area contributed by atoms with Crippen LogP contribution in [0.1, 0.15) is 0 Å². The molecule has 2 heterocycles. The number of aromatic nitrogens is 3. The van der Waals surface area contributed by atoms with Crippen molar-refractivity contribution in [2.75, 3.05) is 0 Å². The normalized spacial score (nSPS) is 11.1. The highest BCUT2D eigenvalue weighted by Gasteiger charge is 2.15. The van der Waals surface area contributed by atoms with E-state index in [2.05, 4.69) is 9.97 Å². The molecule has 0 fully saturated rings. The molecular formula is C12H6Cl3N3. The lowest BCUT2D eigenvalue weighted by Gasteiger charge is -2.03. The average Bonchev–Trinajstić information content (AvgIpc) is 2.68. The van der Waals surface area contributed by atoms with Crippen molar-refractivity contribution in [2.45, 2.75) is 0 Å². The second-order valence-corrected chi connectivity index (χ2v) is 4.79. The van der Waals surface area contributed by atoms with Crippen LogP contribution < -0.4 is 0 Å². The number of nitrogens with zero attached hydrogens (tertiary/aromatic N) is 3. The molecule has 3 nitrogen and oxygen atoms in total. The van der Waals surface area contributed by atoms with Gasteiger partial charge < -0.3 is 0 Å². The van der Waals surface area contributed by atoms with Crippen molar-refractivity contribution in [1.29, 1.82) is 0 Å². The smallest absolute Gasteiger partial charge is 0.179 e. The third kappa shape index (κ3) is 1.85. The quantitative estimate of drug-likeness (QED) is 0.625. The molecule has 6 heteroatoms. The van der Waals surface area contributed by atoms with Gasteiger partial charge in [0.2, 0.25) is 0 Å². The largest absolute Gasteiger partial charge is 0.265 e. The van der Waals surface area contributed by atoms with E-state index in [0.29, 0.717) is 16.6 Å². The van der Waals surface area contributed by atoms with E-state index in [-0.39, 0.29) is 10.3 Å².